The molecule has 0 aliphatic carbocycles. The van der Waals surface area contributed by atoms with Crippen LogP contribution in [0.1, 0.15) is 27.8 Å². The van der Waals surface area contributed by atoms with Crippen LogP contribution in [0.2, 0.25) is 0 Å². The van der Waals surface area contributed by atoms with Crippen LogP contribution in [0.4, 0.5) is 10.8 Å². The largest absolute Gasteiger partial charge is 0.494 e. The summed E-state index contributed by atoms with van der Waals surface area (Å²) >= 11 is 1.31. The van der Waals surface area contributed by atoms with Gasteiger partial charge in [0.15, 0.2) is 10.9 Å². The maximum Gasteiger partial charge on any atom is 0.293 e. The van der Waals surface area contributed by atoms with Gasteiger partial charge in [-0.1, -0.05) is 11.3 Å². The minimum atomic E-state index is -0.363. The average molecular weight is 407 g/mol. The summed E-state index contributed by atoms with van der Waals surface area (Å²) in [6.45, 7) is 2.48. The van der Waals surface area contributed by atoms with Gasteiger partial charge in [0.2, 0.25) is 0 Å². The van der Waals surface area contributed by atoms with Crippen molar-refractivity contribution in [2.24, 2.45) is 0 Å². The van der Waals surface area contributed by atoms with E-state index in [0.29, 0.717) is 23.0 Å². The van der Waals surface area contributed by atoms with Crippen molar-refractivity contribution in [3.05, 3.63) is 72.2 Å². The summed E-state index contributed by atoms with van der Waals surface area (Å²) in [6, 6.07) is 15.6. The third-order valence-corrected chi connectivity index (χ3v) is 4.97. The third kappa shape index (κ3) is 4.27. The lowest BCUT2D eigenvalue weighted by Crippen LogP contribution is -2.11. The number of ether oxygens (including phenoxy) is 1. The predicted octanol–water partition coefficient (Wildman–Crippen LogP) is 4.79. The first kappa shape index (κ1) is 18.7. The highest BCUT2D eigenvalue weighted by Gasteiger charge is 2.13. The number of hydrogen-bond acceptors (Lipinski definition) is 6. The lowest BCUT2D eigenvalue weighted by Gasteiger charge is -2.07. The standard InChI is InChI=1S/C21H17N3O4S/c1-2-27-15-8-5-13(6-9-15)19(25)22-14-7-10-16-18(12-14)29-21(23-16)24-20(26)17-4-3-11-28-17/h3-12H,2H2,1H3,(H,22,25)(H,23,24,26). The molecule has 2 N–H and O–H groups in total. The van der Waals surface area contributed by atoms with E-state index in [9.17, 15) is 9.59 Å². The maximum atomic E-state index is 12.5. The molecule has 4 aromatic rings. The number of amides is 2. The number of carbonyl (C=O) groups is 2. The Bertz CT molecular complexity index is 1150. The number of rotatable bonds is 6. The molecule has 0 radical (unpaired) electrons. The molecule has 0 fully saturated rings. The Kier molecular flexibility index (Phi) is 5.26. The van der Waals surface area contributed by atoms with Crippen molar-refractivity contribution in [3.63, 3.8) is 0 Å². The van der Waals surface area contributed by atoms with E-state index in [-0.39, 0.29) is 17.6 Å². The Balaban J connectivity index is 1.47. The molecule has 4 rings (SSSR count). The van der Waals surface area contributed by atoms with Gasteiger partial charge in [0, 0.05) is 11.3 Å². The second-order valence-corrected chi connectivity index (χ2v) is 7.08. The molecule has 0 unspecified atom stereocenters. The van der Waals surface area contributed by atoms with Crippen LogP contribution >= 0.6 is 11.3 Å². The number of nitrogens with zero attached hydrogens (tertiary/aromatic N) is 1. The van der Waals surface area contributed by atoms with E-state index in [4.69, 9.17) is 9.15 Å². The maximum absolute atomic E-state index is 12.5. The zero-order valence-corrected chi connectivity index (χ0v) is 16.3. The molecule has 0 spiro atoms. The van der Waals surface area contributed by atoms with E-state index >= 15 is 0 Å². The van der Waals surface area contributed by atoms with Gasteiger partial charge in [-0.05, 0) is 61.5 Å². The van der Waals surface area contributed by atoms with Crippen molar-refractivity contribution < 1.29 is 18.7 Å². The van der Waals surface area contributed by atoms with E-state index in [0.717, 1.165) is 16.0 Å². The van der Waals surface area contributed by atoms with Crippen molar-refractivity contribution in [1.82, 2.24) is 4.98 Å². The fourth-order valence-electron chi connectivity index (χ4n) is 2.69. The fraction of sp³-hybridized carbons (Fsp3) is 0.0952. The van der Waals surface area contributed by atoms with Crippen molar-refractivity contribution >= 4 is 44.2 Å². The summed E-state index contributed by atoms with van der Waals surface area (Å²) in [5.74, 6) is 0.355. The van der Waals surface area contributed by atoms with Crippen LogP contribution in [-0.2, 0) is 0 Å². The molecular weight excluding hydrogens is 390 g/mol. The normalized spacial score (nSPS) is 10.7. The summed E-state index contributed by atoms with van der Waals surface area (Å²) in [4.78, 5) is 28.9. The number of anilines is 2. The zero-order valence-electron chi connectivity index (χ0n) is 15.5. The van der Waals surface area contributed by atoms with Gasteiger partial charge < -0.3 is 14.5 Å². The molecule has 0 atom stereocenters. The number of furan rings is 1. The van der Waals surface area contributed by atoms with E-state index in [1.165, 1.54) is 17.6 Å². The van der Waals surface area contributed by atoms with E-state index in [1.807, 2.05) is 13.0 Å². The highest BCUT2D eigenvalue weighted by Crippen LogP contribution is 2.29. The van der Waals surface area contributed by atoms with Gasteiger partial charge in [-0.25, -0.2) is 4.98 Å². The van der Waals surface area contributed by atoms with Crippen LogP contribution in [0.5, 0.6) is 5.75 Å². The summed E-state index contributed by atoms with van der Waals surface area (Å²) < 4.78 is 11.3. The van der Waals surface area contributed by atoms with Crippen LogP contribution in [-0.4, -0.2) is 23.4 Å². The number of nitrogens with one attached hydrogen (secondary N) is 2. The van der Waals surface area contributed by atoms with Gasteiger partial charge in [0.1, 0.15) is 5.75 Å². The van der Waals surface area contributed by atoms with Crippen molar-refractivity contribution in [1.29, 1.82) is 0 Å². The summed E-state index contributed by atoms with van der Waals surface area (Å²) in [7, 11) is 0. The average Bonchev–Trinajstić information content (AvgIpc) is 3.38. The Morgan fingerprint density at radius 2 is 1.90 bits per heavy atom. The molecule has 0 bridgehead atoms. The van der Waals surface area contributed by atoms with E-state index < -0.39 is 0 Å². The Morgan fingerprint density at radius 1 is 1.07 bits per heavy atom. The highest BCUT2D eigenvalue weighted by atomic mass is 32.1. The Labute approximate surface area is 170 Å². The Hall–Kier alpha value is -3.65. The topological polar surface area (TPSA) is 93.5 Å². The molecule has 0 saturated heterocycles. The van der Waals surface area contributed by atoms with Crippen LogP contribution in [0.15, 0.2) is 65.3 Å². The lowest BCUT2D eigenvalue weighted by atomic mass is 10.2. The number of fused-ring (bicyclic) bond motifs is 1. The van der Waals surface area contributed by atoms with Gasteiger partial charge in [-0.3, -0.25) is 14.9 Å². The smallest absolute Gasteiger partial charge is 0.293 e. The molecule has 2 aromatic heterocycles. The quantitative estimate of drug-likeness (QED) is 0.479. The molecule has 0 aliphatic heterocycles. The number of benzene rings is 2. The van der Waals surface area contributed by atoms with E-state index in [1.54, 1.807) is 48.5 Å². The van der Waals surface area contributed by atoms with Crippen LogP contribution in [0.25, 0.3) is 10.2 Å². The molecular formula is C21H17N3O4S. The van der Waals surface area contributed by atoms with Crippen molar-refractivity contribution in [3.8, 4) is 5.75 Å². The first-order chi connectivity index (χ1) is 14.1. The molecule has 7 nitrogen and oxygen atoms in total. The van der Waals surface area contributed by atoms with Crippen LogP contribution < -0.4 is 15.4 Å². The molecule has 2 aromatic carbocycles. The molecule has 146 valence electrons. The molecule has 0 saturated carbocycles. The molecule has 0 aliphatic rings. The van der Waals surface area contributed by atoms with Gasteiger partial charge in [0.05, 0.1) is 23.1 Å². The summed E-state index contributed by atoms with van der Waals surface area (Å²) in [6.07, 6.45) is 1.44. The monoisotopic (exact) mass is 407 g/mol. The minimum Gasteiger partial charge on any atom is -0.494 e. The number of aromatic nitrogens is 1. The van der Waals surface area contributed by atoms with Crippen molar-refractivity contribution in [2.45, 2.75) is 6.92 Å². The third-order valence-electron chi connectivity index (χ3n) is 4.04. The summed E-state index contributed by atoms with van der Waals surface area (Å²) in [5, 5.41) is 6.04. The van der Waals surface area contributed by atoms with Crippen molar-refractivity contribution in [2.75, 3.05) is 17.2 Å². The summed E-state index contributed by atoms with van der Waals surface area (Å²) in [5.41, 5.74) is 1.90. The first-order valence-electron chi connectivity index (χ1n) is 8.92. The fourth-order valence-corrected chi connectivity index (χ4v) is 3.59. The van der Waals surface area contributed by atoms with Crippen LogP contribution in [0.3, 0.4) is 0 Å². The van der Waals surface area contributed by atoms with E-state index in [2.05, 4.69) is 15.6 Å². The van der Waals surface area contributed by atoms with Gasteiger partial charge in [0.25, 0.3) is 11.8 Å². The van der Waals surface area contributed by atoms with Crippen LogP contribution in [0, 0.1) is 0 Å². The lowest BCUT2D eigenvalue weighted by molar-refractivity contribution is 0.0994. The highest BCUT2D eigenvalue weighted by molar-refractivity contribution is 7.22. The molecule has 29 heavy (non-hydrogen) atoms. The zero-order chi connectivity index (χ0) is 20.2. The second kappa shape index (κ2) is 8.15. The van der Waals surface area contributed by atoms with Gasteiger partial charge in [-0.15, -0.1) is 0 Å². The minimum absolute atomic E-state index is 0.215. The van der Waals surface area contributed by atoms with Gasteiger partial charge >= 0.3 is 0 Å². The second-order valence-electron chi connectivity index (χ2n) is 6.04. The molecule has 8 heteroatoms. The molecule has 2 heterocycles. The van der Waals surface area contributed by atoms with Gasteiger partial charge in [-0.2, -0.15) is 0 Å². The predicted molar refractivity (Wildman–Crippen MR) is 112 cm³/mol. The number of thiazole rings is 1. The molecule has 2 amide bonds. The number of hydrogen-bond donors (Lipinski definition) is 2. The first-order valence-corrected chi connectivity index (χ1v) is 9.73. The number of carbonyl (C=O) groups excluding carboxylic acids is 2. The Morgan fingerprint density at radius 3 is 2.62 bits per heavy atom. The SMILES string of the molecule is CCOc1ccc(C(=O)Nc2ccc3nc(NC(=O)c4ccco4)sc3c2)cc1.